The predicted molar refractivity (Wildman–Crippen MR) is 208 cm³/mol. The summed E-state index contributed by atoms with van der Waals surface area (Å²) in [4.78, 5) is 50.6. The smallest absolute Gasteiger partial charge is 0.401 e. The Morgan fingerprint density at radius 1 is 0.948 bits per heavy atom. The van der Waals surface area contributed by atoms with Gasteiger partial charge in [0.05, 0.1) is 55.0 Å². The number of anilines is 1. The number of carbonyl (C=O) groups is 3. The molecule has 2 aromatic heterocycles. The molecule has 6 aliphatic rings. The fourth-order valence-electron chi connectivity index (χ4n) is 10.8. The van der Waals surface area contributed by atoms with Gasteiger partial charge in [-0.3, -0.25) is 34.7 Å². The number of nitrogens with zero attached hydrogens (tertiary/aromatic N) is 6. The number of H-pyrrole nitrogens is 1. The number of alkyl halides is 3. The maximum Gasteiger partial charge on any atom is 0.401 e. The molecule has 58 heavy (non-hydrogen) atoms. The van der Waals surface area contributed by atoms with Crippen molar-refractivity contribution in [2.75, 3.05) is 50.8 Å². The Hall–Kier alpha value is -5.02. The first-order valence-electron chi connectivity index (χ1n) is 20.6. The monoisotopic (exact) mass is 796 g/mol. The first kappa shape index (κ1) is 37.3. The molecule has 0 aliphatic carbocycles. The minimum atomic E-state index is -4.34. The molecule has 3 fully saturated rings. The van der Waals surface area contributed by atoms with E-state index >= 15 is 0 Å². The number of piperidine rings is 3. The van der Waals surface area contributed by atoms with Gasteiger partial charge in [-0.05, 0) is 99.8 Å². The van der Waals surface area contributed by atoms with Gasteiger partial charge in [-0.25, -0.2) is 0 Å². The second-order valence-corrected chi connectivity index (χ2v) is 17.3. The lowest BCUT2D eigenvalue weighted by molar-refractivity contribution is -0.155. The number of aromatic amines is 1. The number of likely N-dealkylation sites (tertiary alicyclic amines) is 1. The van der Waals surface area contributed by atoms with Gasteiger partial charge in [-0.15, -0.1) is 0 Å². The highest BCUT2D eigenvalue weighted by molar-refractivity contribution is 6.05. The van der Waals surface area contributed by atoms with E-state index in [0.717, 1.165) is 97.4 Å². The quantitative estimate of drug-likeness (QED) is 0.252. The molecule has 4 aromatic rings. The molecule has 0 saturated carbocycles. The summed E-state index contributed by atoms with van der Waals surface area (Å²) in [5.41, 5.74) is 6.88. The third kappa shape index (κ3) is 6.41. The van der Waals surface area contributed by atoms with E-state index in [1.807, 2.05) is 43.5 Å². The maximum absolute atomic E-state index is 13.9. The molecule has 304 valence electrons. The molecule has 2 N–H and O–H groups in total. The number of imide groups is 1. The van der Waals surface area contributed by atoms with Crippen LogP contribution in [0.15, 0.2) is 48.8 Å². The van der Waals surface area contributed by atoms with Crippen LogP contribution >= 0.6 is 0 Å². The van der Waals surface area contributed by atoms with E-state index in [2.05, 4.69) is 31.4 Å². The van der Waals surface area contributed by atoms with E-state index < -0.39 is 30.7 Å². The van der Waals surface area contributed by atoms with Crippen molar-refractivity contribution in [1.82, 2.24) is 35.2 Å². The van der Waals surface area contributed by atoms with E-state index in [0.29, 0.717) is 43.2 Å². The fraction of sp³-hybridized carbons (Fsp3) is 0.512. The van der Waals surface area contributed by atoms with Crippen molar-refractivity contribution in [3.63, 3.8) is 0 Å². The first-order chi connectivity index (χ1) is 27.9. The molecule has 3 amide bonds. The molecule has 1 spiro atoms. The van der Waals surface area contributed by atoms with Gasteiger partial charge in [0.2, 0.25) is 11.8 Å². The highest BCUT2D eigenvalue weighted by Crippen LogP contribution is 2.50. The number of amides is 3. The van der Waals surface area contributed by atoms with Crippen LogP contribution in [0.4, 0.5) is 18.9 Å². The average molecular weight is 797 g/mol. The molecular formula is C43H47F3N8O4. The van der Waals surface area contributed by atoms with Gasteiger partial charge >= 0.3 is 6.18 Å². The third-order valence-corrected chi connectivity index (χ3v) is 13.9. The number of nitrogens with one attached hydrogen (secondary N) is 2. The molecular weight excluding hydrogens is 750 g/mol. The molecule has 6 aliphatic heterocycles. The second kappa shape index (κ2) is 14.1. The van der Waals surface area contributed by atoms with Crippen LogP contribution < -0.4 is 15.0 Å². The third-order valence-electron chi connectivity index (χ3n) is 13.9. The van der Waals surface area contributed by atoms with Crippen molar-refractivity contribution in [2.45, 2.75) is 88.1 Å². The largest absolute Gasteiger partial charge is 0.492 e. The molecule has 10 rings (SSSR count). The molecule has 3 atom stereocenters. The zero-order chi connectivity index (χ0) is 39.9. The van der Waals surface area contributed by atoms with Gasteiger partial charge in [-0.2, -0.15) is 18.3 Å². The van der Waals surface area contributed by atoms with Crippen molar-refractivity contribution >= 4 is 34.3 Å². The molecule has 12 nitrogen and oxygen atoms in total. The van der Waals surface area contributed by atoms with E-state index in [1.54, 1.807) is 11.1 Å². The Kier molecular flexibility index (Phi) is 9.04. The van der Waals surface area contributed by atoms with Gasteiger partial charge < -0.3 is 19.4 Å². The number of benzene rings is 2. The molecule has 2 aromatic carbocycles. The van der Waals surface area contributed by atoms with E-state index in [4.69, 9.17) is 9.72 Å². The lowest BCUT2D eigenvalue weighted by atomic mass is 9.73. The number of hydrogen-bond donors (Lipinski definition) is 2. The van der Waals surface area contributed by atoms with Gasteiger partial charge in [0.25, 0.3) is 5.91 Å². The lowest BCUT2D eigenvalue weighted by Crippen LogP contribution is -2.52. The van der Waals surface area contributed by atoms with Crippen LogP contribution in [-0.4, -0.2) is 112 Å². The summed E-state index contributed by atoms with van der Waals surface area (Å²) < 4.78 is 48.1. The number of pyridine rings is 1. The summed E-state index contributed by atoms with van der Waals surface area (Å²) in [5, 5.41) is 10.5. The Morgan fingerprint density at radius 3 is 2.50 bits per heavy atom. The lowest BCUT2D eigenvalue weighted by Gasteiger charge is -2.42. The van der Waals surface area contributed by atoms with Gasteiger partial charge in [0, 0.05) is 59.6 Å². The van der Waals surface area contributed by atoms with Crippen LogP contribution in [-0.2, 0) is 28.0 Å². The number of rotatable bonds is 6. The van der Waals surface area contributed by atoms with Crippen molar-refractivity contribution in [2.24, 2.45) is 5.92 Å². The normalized spacial score (nSPS) is 25.2. The molecule has 1 unspecified atom stereocenters. The summed E-state index contributed by atoms with van der Waals surface area (Å²) in [7, 11) is 0. The van der Waals surface area contributed by atoms with Gasteiger partial charge in [0.1, 0.15) is 11.8 Å². The van der Waals surface area contributed by atoms with Gasteiger partial charge in [0.15, 0.2) is 0 Å². The van der Waals surface area contributed by atoms with Crippen LogP contribution in [0.3, 0.4) is 0 Å². The number of carbonyl (C=O) groups excluding carboxylic acids is 3. The standard InChI is InChI=1S/C43H47F3N8O4/c1-25-18-30-28(4-7-34-31(30)20-48-50-34)38(54(25)23-43(44,45)46)35-6-2-27(19-47-35)52-14-10-26(11-15-52)21-51-16-12-42(13-17-51)24-58-39-32-22-53(36-8-9-37(55)49-40(36)56)41(57)29(32)3-5-33(39)42/h2-7,19-20,25-26,36,38H,8-18,21-24H2,1H3,(H,48,50)(H,49,55,56)/t25-,36?,38+/m1/s1. The minimum Gasteiger partial charge on any atom is -0.492 e. The minimum absolute atomic E-state index is 0.0957. The van der Waals surface area contributed by atoms with Gasteiger partial charge in [-0.1, -0.05) is 12.1 Å². The SMILES string of the molecule is C[C@@H]1Cc2c(ccc3[nH]ncc23)[C@@H](c2ccc(N3CCC(CN4CCC5(CC4)COc4c5ccc5c4CN(C4CCC(=O)NC4=O)C5=O)CC3)cn2)N1CC(F)(F)F. The number of fused-ring (bicyclic) bond motifs is 7. The Bertz CT molecular complexity index is 2280. The zero-order valence-corrected chi connectivity index (χ0v) is 32.5. The Labute approximate surface area is 334 Å². The second-order valence-electron chi connectivity index (χ2n) is 17.3. The number of ether oxygens (including phenoxy) is 1. The van der Waals surface area contributed by atoms with Crippen LogP contribution in [0.1, 0.15) is 89.8 Å². The number of halogens is 3. The van der Waals surface area contributed by atoms with Crippen molar-refractivity contribution < 1.29 is 32.3 Å². The summed E-state index contributed by atoms with van der Waals surface area (Å²) in [6.07, 6.45) is 4.36. The van der Waals surface area contributed by atoms with Crippen LogP contribution in [0, 0.1) is 5.92 Å². The molecule has 0 bridgehead atoms. The first-order valence-corrected chi connectivity index (χ1v) is 20.6. The Morgan fingerprint density at radius 2 is 1.76 bits per heavy atom. The summed E-state index contributed by atoms with van der Waals surface area (Å²) in [5.74, 6) is 0.474. The highest BCUT2D eigenvalue weighted by atomic mass is 19.4. The van der Waals surface area contributed by atoms with E-state index in [-0.39, 0.29) is 29.7 Å². The van der Waals surface area contributed by atoms with Crippen molar-refractivity contribution in [3.8, 4) is 5.75 Å². The van der Waals surface area contributed by atoms with Crippen molar-refractivity contribution in [1.29, 1.82) is 0 Å². The van der Waals surface area contributed by atoms with E-state index in [9.17, 15) is 27.6 Å². The zero-order valence-electron chi connectivity index (χ0n) is 32.5. The average Bonchev–Trinajstić information content (AvgIpc) is 3.92. The summed E-state index contributed by atoms with van der Waals surface area (Å²) in [6.45, 7) is 6.51. The molecule has 3 saturated heterocycles. The predicted octanol–water partition coefficient (Wildman–Crippen LogP) is 5.26. The Balaban J connectivity index is 0.762. The maximum atomic E-state index is 13.9. The molecule has 15 heteroatoms. The van der Waals surface area contributed by atoms with Crippen LogP contribution in [0.5, 0.6) is 5.75 Å². The topological polar surface area (TPSA) is 127 Å². The highest BCUT2D eigenvalue weighted by Gasteiger charge is 2.48. The van der Waals surface area contributed by atoms with Crippen LogP contribution in [0.2, 0.25) is 0 Å². The summed E-state index contributed by atoms with van der Waals surface area (Å²) >= 11 is 0. The number of aromatic nitrogens is 3. The summed E-state index contributed by atoms with van der Waals surface area (Å²) in [6, 6.07) is 10.1. The molecule has 8 heterocycles. The van der Waals surface area contributed by atoms with Crippen LogP contribution in [0.25, 0.3) is 10.9 Å². The van der Waals surface area contributed by atoms with E-state index in [1.165, 1.54) is 10.5 Å². The number of hydrogen-bond acceptors (Lipinski definition) is 9. The fourth-order valence-corrected chi connectivity index (χ4v) is 10.8. The van der Waals surface area contributed by atoms with Crippen molar-refractivity contribution in [3.05, 3.63) is 82.3 Å². The molecule has 0 radical (unpaired) electrons.